The van der Waals surface area contributed by atoms with Crippen molar-refractivity contribution in [1.29, 1.82) is 0 Å². The second-order valence-corrected chi connectivity index (χ2v) is 9.55. The number of nitrogen functional groups attached to an aromatic ring is 1. The number of rotatable bonds is 4. The quantitative estimate of drug-likeness (QED) is 0.766. The van der Waals surface area contributed by atoms with Crippen LogP contribution in [0.2, 0.25) is 0 Å². The molecular formula is C21H23F4N5. The van der Waals surface area contributed by atoms with E-state index in [0.717, 1.165) is 18.2 Å². The minimum absolute atomic E-state index is 0.0790. The van der Waals surface area contributed by atoms with Gasteiger partial charge in [0, 0.05) is 48.0 Å². The van der Waals surface area contributed by atoms with Gasteiger partial charge in [0.1, 0.15) is 12.0 Å². The van der Waals surface area contributed by atoms with Gasteiger partial charge in [-0.3, -0.25) is 9.58 Å². The van der Waals surface area contributed by atoms with Crippen LogP contribution in [0.25, 0.3) is 11.3 Å². The number of likely N-dealkylation sites (tertiary alicyclic amines) is 1. The molecular weight excluding hydrogens is 398 g/mol. The maximum atomic E-state index is 13.3. The molecule has 5 nitrogen and oxygen atoms in total. The summed E-state index contributed by atoms with van der Waals surface area (Å²) in [6.07, 6.45) is -2.83. The number of halogens is 4. The van der Waals surface area contributed by atoms with E-state index >= 15 is 0 Å². The average molecular weight is 421 g/mol. The maximum absolute atomic E-state index is 13.3. The smallest absolute Gasteiger partial charge is 0.383 e. The lowest BCUT2D eigenvalue weighted by atomic mass is 9.98. The Balaban J connectivity index is 1.36. The van der Waals surface area contributed by atoms with Gasteiger partial charge in [-0.05, 0) is 50.2 Å². The molecule has 4 aliphatic carbocycles. The van der Waals surface area contributed by atoms with Gasteiger partial charge in [0.15, 0.2) is 0 Å². The van der Waals surface area contributed by atoms with E-state index in [1.54, 1.807) is 0 Å². The molecule has 30 heavy (non-hydrogen) atoms. The summed E-state index contributed by atoms with van der Waals surface area (Å²) in [6, 6.07) is 3.50. The molecule has 9 heteroatoms. The van der Waals surface area contributed by atoms with Crippen molar-refractivity contribution < 1.29 is 17.6 Å². The second kappa shape index (κ2) is 5.55. The van der Waals surface area contributed by atoms with Crippen molar-refractivity contribution in [2.75, 3.05) is 18.8 Å². The van der Waals surface area contributed by atoms with Gasteiger partial charge >= 0.3 is 6.18 Å². The highest BCUT2D eigenvalue weighted by atomic mass is 19.4. The first-order valence-corrected chi connectivity index (χ1v) is 10.4. The molecule has 0 amide bonds. The normalized spacial score (nSPS) is 34.9. The van der Waals surface area contributed by atoms with Crippen LogP contribution in [-0.4, -0.2) is 45.0 Å². The fraction of sp³-hybridized carbons (Fsp3) is 0.619. The summed E-state index contributed by atoms with van der Waals surface area (Å²) in [6.45, 7) is 5.12. The van der Waals surface area contributed by atoms with E-state index in [4.69, 9.17) is 5.73 Å². The minimum atomic E-state index is -4.56. The molecule has 5 fully saturated rings. The van der Waals surface area contributed by atoms with E-state index in [0.29, 0.717) is 48.1 Å². The summed E-state index contributed by atoms with van der Waals surface area (Å²) >= 11 is 0. The second-order valence-electron chi connectivity index (χ2n) is 9.55. The van der Waals surface area contributed by atoms with Gasteiger partial charge in [-0.15, -0.1) is 0 Å². The van der Waals surface area contributed by atoms with Crippen LogP contribution in [0.5, 0.6) is 0 Å². The number of hydrogen-bond donors (Lipinski definition) is 1. The predicted octanol–water partition coefficient (Wildman–Crippen LogP) is 3.67. The molecule has 0 aromatic carbocycles. The third kappa shape index (κ3) is 2.22. The molecule has 4 saturated carbocycles. The zero-order valence-corrected chi connectivity index (χ0v) is 16.7. The highest BCUT2D eigenvalue weighted by Crippen LogP contribution is 2.91. The Bertz CT molecular complexity index is 1030. The van der Waals surface area contributed by atoms with Crippen LogP contribution in [0, 0.1) is 17.8 Å². The largest absolute Gasteiger partial charge is 0.419 e. The summed E-state index contributed by atoms with van der Waals surface area (Å²) in [7, 11) is 0. The van der Waals surface area contributed by atoms with Crippen LogP contribution in [0.1, 0.15) is 37.6 Å². The summed E-state index contributed by atoms with van der Waals surface area (Å²) < 4.78 is 55.1. The van der Waals surface area contributed by atoms with E-state index in [-0.39, 0.29) is 11.5 Å². The zero-order chi connectivity index (χ0) is 21.2. The standard InChI is InChI=1S/C21H23F4N5/c1-9(2)30-16(20-12-4-15(18(20)17(12)20)29-7-11(22)8-29)5-14(28-30)10-3-13(21(23,24)25)19(26)27-6-10/h3,5-6,9,11-12,15,17-18H,4,7-8H2,1-2H3,(H2,26,27)/t12-,15?,17-,18?,20+/m0/s1. The Morgan fingerprint density at radius 1 is 1.20 bits per heavy atom. The number of alkyl halides is 4. The number of pyridine rings is 1. The van der Waals surface area contributed by atoms with E-state index in [1.165, 1.54) is 6.20 Å². The molecule has 2 N–H and O–H groups in total. The fourth-order valence-corrected chi connectivity index (χ4v) is 6.39. The number of nitrogens with two attached hydrogens (primary N) is 1. The van der Waals surface area contributed by atoms with Crippen LogP contribution in [0.4, 0.5) is 23.4 Å². The van der Waals surface area contributed by atoms with Crippen molar-refractivity contribution in [1.82, 2.24) is 19.7 Å². The molecule has 2 bridgehead atoms. The van der Waals surface area contributed by atoms with Crippen LogP contribution < -0.4 is 5.73 Å². The van der Waals surface area contributed by atoms with Gasteiger partial charge in [0.2, 0.25) is 0 Å². The molecule has 5 aliphatic rings. The molecule has 2 unspecified atom stereocenters. The van der Waals surface area contributed by atoms with Gasteiger partial charge in [-0.25, -0.2) is 9.37 Å². The molecule has 160 valence electrons. The van der Waals surface area contributed by atoms with E-state index in [9.17, 15) is 17.6 Å². The number of fused-ring (bicyclic) bond motifs is 1. The third-order valence-corrected chi connectivity index (χ3v) is 7.75. The van der Waals surface area contributed by atoms with E-state index in [1.807, 2.05) is 24.6 Å². The monoisotopic (exact) mass is 421 g/mol. The number of anilines is 1. The van der Waals surface area contributed by atoms with Gasteiger partial charge in [-0.2, -0.15) is 18.3 Å². The van der Waals surface area contributed by atoms with Crippen molar-refractivity contribution in [3.05, 3.63) is 29.6 Å². The summed E-state index contributed by atoms with van der Waals surface area (Å²) in [5.74, 6) is 1.19. The Kier molecular flexibility index (Phi) is 3.44. The minimum Gasteiger partial charge on any atom is -0.383 e. The molecule has 7 rings (SSSR count). The van der Waals surface area contributed by atoms with Crippen molar-refractivity contribution in [3.8, 4) is 11.3 Å². The maximum Gasteiger partial charge on any atom is 0.419 e. The summed E-state index contributed by atoms with van der Waals surface area (Å²) in [4.78, 5) is 6.02. The Morgan fingerprint density at radius 3 is 2.53 bits per heavy atom. The van der Waals surface area contributed by atoms with Crippen molar-refractivity contribution in [3.63, 3.8) is 0 Å². The molecule has 0 spiro atoms. The molecule has 3 heterocycles. The molecule has 1 saturated heterocycles. The van der Waals surface area contributed by atoms with E-state index < -0.39 is 23.7 Å². The molecule has 2 aromatic heterocycles. The first kappa shape index (κ1) is 18.6. The Labute approximate surface area is 171 Å². The fourth-order valence-electron chi connectivity index (χ4n) is 6.39. The lowest BCUT2D eigenvalue weighted by Gasteiger charge is -2.39. The zero-order valence-electron chi connectivity index (χ0n) is 16.7. The lowest BCUT2D eigenvalue weighted by Crippen LogP contribution is -2.53. The molecule has 2 aromatic rings. The Morgan fingerprint density at radius 2 is 1.93 bits per heavy atom. The molecule has 1 aliphatic heterocycles. The van der Waals surface area contributed by atoms with Gasteiger partial charge < -0.3 is 5.73 Å². The van der Waals surface area contributed by atoms with Crippen molar-refractivity contribution in [2.45, 2.75) is 50.1 Å². The summed E-state index contributed by atoms with van der Waals surface area (Å²) in [5.41, 5.74) is 6.51. The van der Waals surface area contributed by atoms with Crippen LogP contribution in [-0.2, 0) is 11.6 Å². The Hall–Kier alpha value is -2.16. The van der Waals surface area contributed by atoms with Crippen molar-refractivity contribution >= 4 is 5.82 Å². The number of hydrogen-bond acceptors (Lipinski definition) is 4. The van der Waals surface area contributed by atoms with Gasteiger partial charge in [0.25, 0.3) is 0 Å². The van der Waals surface area contributed by atoms with Crippen molar-refractivity contribution in [2.24, 2.45) is 17.8 Å². The highest BCUT2D eigenvalue weighted by molar-refractivity contribution is 5.65. The first-order valence-electron chi connectivity index (χ1n) is 10.4. The predicted molar refractivity (Wildman–Crippen MR) is 102 cm³/mol. The van der Waals surface area contributed by atoms with Crippen LogP contribution in [0.3, 0.4) is 0 Å². The SMILES string of the molecule is CC(C)n1nc(-c2cnc(N)c(C(F)(F)F)c2)cc1[C@]12C3C(N4CC(F)C4)C[C@H]1[C@@H]32. The van der Waals surface area contributed by atoms with E-state index in [2.05, 4.69) is 15.0 Å². The molecule has 0 radical (unpaired) electrons. The van der Waals surface area contributed by atoms with Gasteiger partial charge in [0.05, 0.1) is 11.3 Å². The number of nitrogens with zero attached hydrogens (tertiary/aromatic N) is 4. The third-order valence-electron chi connectivity index (χ3n) is 7.75. The van der Waals surface area contributed by atoms with Gasteiger partial charge in [-0.1, -0.05) is 0 Å². The summed E-state index contributed by atoms with van der Waals surface area (Å²) in [5, 5.41) is 4.67. The van der Waals surface area contributed by atoms with Crippen LogP contribution >= 0.6 is 0 Å². The first-order chi connectivity index (χ1) is 14.1. The number of aromatic nitrogens is 3. The lowest BCUT2D eigenvalue weighted by molar-refractivity contribution is -0.137. The topological polar surface area (TPSA) is 60.0 Å². The average Bonchev–Trinajstić information content (AvgIpc) is 3.22. The highest BCUT2D eigenvalue weighted by Gasteiger charge is 2.93. The molecule has 5 atom stereocenters. The van der Waals surface area contributed by atoms with Crippen LogP contribution in [0.15, 0.2) is 18.3 Å².